The first-order valence-corrected chi connectivity index (χ1v) is 11.4. The Morgan fingerprint density at radius 3 is 2.12 bits per heavy atom. The molecule has 8 heteroatoms. The first kappa shape index (κ1) is 25.2. The average Bonchev–Trinajstić information content (AvgIpc) is 3.13. The van der Waals surface area contributed by atoms with Crippen LogP contribution in [0.5, 0.6) is 0 Å². The molecule has 2 aromatic rings. The van der Waals surface area contributed by atoms with Gasteiger partial charge in [-0.25, -0.2) is 9.59 Å². The molecule has 0 saturated heterocycles. The van der Waals surface area contributed by atoms with E-state index in [-0.39, 0.29) is 37.9 Å². The zero-order chi connectivity index (χ0) is 24.7. The summed E-state index contributed by atoms with van der Waals surface area (Å²) in [5.41, 5.74) is 3.88. The predicted molar refractivity (Wildman–Crippen MR) is 128 cm³/mol. The molecule has 8 nitrogen and oxygen atoms in total. The van der Waals surface area contributed by atoms with Crippen molar-refractivity contribution in [3.8, 4) is 11.1 Å². The Morgan fingerprint density at radius 2 is 1.56 bits per heavy atom. The molecule has 0 aliphatic heterocycles. The second-order valence-electron chi connectivity index (χ2n) is 8.99. The van der Waals surface area contributed by atoms with Crippen LogP contribution in [0.1, 0.15) is 43.7 Å². The highest BCUT2D eigenvalue weighted by Crippen LogP contribution is 2.44. The molecule has 3 N–H and O–H groups in total. The van der Waals surface area contributed by atoms with E-state index in [9.17, 15) is 14.4 Å². The Bertz CT molecular complexity index is 990. The van der Waals surface area contributed by atoms with Gasteiger partial charge in [-0.1, -0.05) is 62.4 Å². The van der Waals surface area contributed by atoms with Crippen molar-refractivity contribution >= 4 is 18.0 Å². The van der Waals surface area contributed by atoms with Crippen LogP contribution in [0.25, 0.3) is 11.1 Å². The number of ether oxygens (including phenoxy) is 2. The van der Waals surface area contributed by atoms with Crippen LogP contribution in [0.3, 0.4) is 0 Å². The molecule has 0 heterocycles. The van der Waals surface area contributed by atoms with Gasteiger partial charge in [0.15, 0.2) is 6.10 Å². The summed E-state index contributed by atoms with van der Waals surface area (Å²) >= 11 is 0. The molecule has 1 unspecified atom stereocenters. The molecule has 1 atom stereocenters. The SMILES string of the molecule is COC(CCNC(=O)C(C)(C)CCNC(=O)OCC1c2ccccc2-c2ccccc21)C(=O)O. The van der Waals surface area contributed by atoms with Gasteiger partial charge in [0.05, 0.1) is 0 Å². The molecule has 0 aromatic heterocycles. The van der Waals surface area contributed by atoms with Gasteiger partial charge < -0.3 is 25.2 Å². The molecule has 0 fully saturated rings. The van der Waals surface area contributed by atoms with Crippen LogP contribution in [-0.2, 0) is 19.1 Å². The number of methoxy groups -OCH3 is 1. The van der Waals surface area contributed by atoms with Crippen LogP contribution in [0.4, 0.5) is 4.79 Å². The second kappa shape index (κ2) is 11.2. The molecule has 0 spiro atoms. The standard InChI is InChI=1S/C26H32N2O6/c1-26(2,24(31)27-14-12-22(33-3)23(29)30)13-15-28-25(32)34-16-21-19-10-6-4-8-17(19)18-9-5-7-11-20(18)21/h4-11,21-22H,12-16H2,1-3H3,(H,27,31)(H,28,32)(H,29,30). The quantitative estimate of drug-likeness (QED) is 0.465. The van der Waals surface area contributed by atoms with E-state index >= 15 is 0 Å². The van der Waals surface area contributed by atoms with Crippen molar-refractivity contribution in [2.45, 2.75) is 38.7 Å². The van der Waals surface area contributed by atoms with Crippen LogP contribution in [-0.4, -0.2) is 56.0 Å². The third kappa shape index (κ3) is 5.94. The Balaban J connectivity index is 1.44. The topological polar surface area (TPSA) is 114 Å². The number of nitrogens with one attached hydrogen (secondary N) is 2. The van der Waals surface area contributed by atoms with Crippen LogP contribution >= 0.6 is 0 Å². The number of hydrogen-bond donors (Lipinski definition) is 3. The normalized spacial score (nSPS) is 13.5. The van der Waals surface area contributed by atoms with Gasteiger partial charge in [-0.15, -0.1) is 0 Å². The smallest absolute Gasteiger partial charge is 0.407 e. The zero-order valence-electron chi connectivity index (χ0n) is 19.8. The summed E-state index contributed by atoms with van der Waals surface area (Å²) in [6.07, 6.45) is -0.914. The van der Waals surface area contributed by atoms with Gasteiger partial charge in [0, 0.05) is 38.0 Å². The number of carbonyl (C=O) groups excluding carboxylic acids is 2. The van der Waals surface area contributed by atoms with Gasteiger partial charge in [-0.05, 0) is 28.7 Å². The van der Waals surface area contributed by atoms with E-state index < -0.39 is 23.6 Å². The van der Waals surface area contributed by atoms with Gasteiger partial charge in [-0.3, -0.25) is 4.79 Å². The summed E-state index contributed by atoms with van der Waals surface area (Å²) in [5.74, 6) is -1.30. The lowest BCUT2D eigenvalue weighted by Gasteiger charge is -2.24. The highest BCUT2D eigenvalue weighted by molar-refractivity contribution is 5.82. The van der Waals surface area contributed by atoms with Crippen LogP contribution in [0.2, 0.25) is 0 Å². The molecule has 2 amide bonds. The molecule has 182 valence electrons. The summed E-state index contributed by atoms with van der Waals surface area (Å²) in [5, 5.41) is 14.4. The van der Waals surface area contributed by atoms with Crippen molar-refractivity contribution in [1.82, 2.24) is 10.6 Å². The summed E-state index contributed by atoms with van der Waals surface area (Å²) < 4.78 is 10.4. The molecule has 3 rings (SSSR count). The first-order chi connectivity index (χ1) is 16.2. The minimum Gasteiger partial charge on any atom is -0.479 e. The fourth-order valence-corrected chi connectivity index (χ4v) is 4.14. The van der Waals surface area contributed by atoms with Crippen molar-refractivity contribution in [3.63, 3.8) is 0 Å². The Labute approximate surface area is 199 Å². The molecule has 1 aliphatic rings. The van der Waals surface area contributed by atoms with Crippen LogP contribution < -0.4 is 10.6 Å². The maximum Gasteiger partial charge on any atom is 0.407 e. The number of benzene rings is 2. The summed E-state index contributed by atoms with van der Waals surface area (Å²) in [6.45, 7) is 4.23. The van der Waals surface area contributed by atoms with Crippen molar-refractivity contribution in [1.29, 1.82) is 0 Å². The van der Waals surface area contributed by atoms with E-state index in [4.69, 9.17) is 14.6 Å². The Hall–Kier alpha value is -3.39. The number of hydrogen-bond acceptors (Lipinski definition) is 5. The van der Waals surface area contributed by atoms with Gasteiger partial charge >= 0.3 is 12.1 Å². The number of carboxylic acids is 1. The summed E-state index contributed by atoms with van der Waals surface area (Å²) in [7, 11) is 1.32. The van der Waals surface area contributed by atoms with E-state index in [1.54, 1.807) is 13.8 Å². The molecule has 2 aromatic carbocycles. The fraction of sp³-hybridized carbons (Fsp3) is 0.423. The zero-order valence-corrected chi connectivity index (χ0v) is 19.8. The first-order valence-electron chi connectivity index (χ1n) is 11.4. The van der Waals surface area contributed by atoms with Crippen LogP contribution in [0.15, 0.2) is 48.5 Å². The van der Waals surface area contributed by atoms with Crippen molar-refractivity contribution in [2.75, 3.05) is 26.8 Å². The van der Waals surface area contributed by atoms with Crippen molar-refractivity contribution in [2.24, 2.45) is 5.41 Å². The van der Waals surface area contributed by atoms with Crippen LogP contribution in [0, 0.1) is 5.41 Å². The lowest BCUT2D eigenvalue weighted by molar-refractivity contribution is -0.149. The molecule has 34 heavy (non-hydrogen) atoms. The Morgan fingerprint density at radius 1 is 0.971 bits per heavy atom. The van der Waals surface area contributed by atoms with Gasteiger partial charge in [0.2, 0.25) is 5.91 Å². The molecular formula is C26H32N2O6. The summed E-state index contributed by atoms with van der Waals surface area (Å²) in [6, 6.07) is 16.3. The maximum atomic E-state index is 12.5. The third-order valence-corrected chi connectivity index (χ3v) is 6.23. The van der Waals surface area contributed by atoms with Gasteiger partial charge in [0.25, 0.3) is 0 Å². The predicted octanol–water partition coefficient (Wildman–Crippen LogP) is 3.55. The molecule has 1 aliphatic carbocycles. The number of fused-ring (bicyclic) bond motifs is 3. The number of carboxylic acid groups (broad SMARTS) is 1. The maximum absolute atomic E-state index is 12.5. The van der Waals surface area contributed by atoms with E-state index in [1.807, 2.05) is 24.3 Å². The van der Waals surface area contributed by atoms with E-state index in [2.05, 4.69) is 34.9 Å². The minimum atomic E-state index is -1.07. The second-order valence-corrected chi connectivity index (χ2v) is 8.99. The highest BCUT2D eigenvalue weighted by atomic mass is 16.5. The summed E-state index contributed by atoms with van der Waals surface area (Å²) in [4.78, 5) is 35.8. The lowest BCUT2D eigenvalue weighted by Crippen LogP contribution is -2.41. The number of aliphatic carboxylic acids is 1. The van der Waals surface area contributed by atoms with Gasteiger partial charge in [0.1, 0.15) is 6.61 Å². The number of carbonyl (C=O) groups is 3. The minimum absolute atomic E-state index is 0.0119. The Kier molecular flexibility index (Phi) is 8.28. The van der Waals surface area contributed by atoms with E-state index in [1.165, 1.54) is 18.2 Å². The molecule has 0 saturated carbocycles. The monoisotopic (exact) mass is 468 g/mol. The number of rotatable bonds is 11. The van der Waals surface area contributed by atoms with Gasteiger partial charge in [-0.2, -0.15) is 0 Å². The third-order valence-electron chi connectivity index (χ3n) is 6.23. The molecule has 0 radical (unpaired) electrons. The van der Waals surface area contributed by atoms with Crippen molar-refractivity contribution in [3.05, 3.63) is 59.7 Å². The van der Waals surface area contributed by atoms with Crippen molar-refractivity contribution < 1.29 is 29.0 Å². The van der Waals surface area contributed by atoms with E-state index in [0.29, 0.717) is 6.42 Å². The largest absolute Gasteiger partial charge is 0.479 e. The fourth-order valence-electron chi connectivity index (χ4n) is 4.14. The molecular weight excluding hydrogens is 436 g/mol. The lowest BCUT2D eigenvalue weighted by atomic mass is 9.88. The van der Waals surface area contributed by atoms with E-state index in [0.717, 1.165) is 11.1 Å². The number of alkyl carbamates (subject to hydrolysis) is 1. The highest BCUT2D eigenvalue weighted by Gasteiger charge is 2.30. The average molecular weight is 469 g/mol. The molecule has 0 bridgehead atoms. The number of amides is 2.